The molecule has 2 aromatic rings. The maximum absolute atomic E-state index is 15.3. The zero-order valence-electron chi connectivity index (χ0n) is 22.0. The Morgan fingerprint density at radius 2 is 1.79 bits per heavy atom. The number of carbonyl (C=O) groups is 1. The van der Waals surface area contributed by atoms with E-state index in [0.717, 1.165) is 23.4 Å². The van der Waals surface area contributed by atoms with Gasteiger partial charge in [0.25, 0.3) is 5.91 Å². The fourth-order valence-electron chi connectivity index (χ4n) is 4.16. The van der Waals surface area contributed by atoms with Gasteiger partial charge in [-0.05, 0) is 88.2 Å². The van der Waals surface area contributed by atoms with Gasteiger partial charge >= 0.3 is 0 Å². The Morgan fingerprint density at radius 1 is 1.13 bits per heavy atom. The number of benzene rings is 2. The van der Waals surface area contributed by atoms with Crippen LogP contribution in [0.5, 0.6) is 0 Å². The number of nitrogens with zero attached hydrogens (tertiary/aromatic N) is 2. The Kier molecular flexibility index (Phi) is 11.0. The van der Waals surface area contributed by atoms with Crippen LogP contribution in [0.15, 0.2) is 46.2 Å². The maximum atomic E-state index is 15.3. The van der Waals surface area contributed by atoms with Crippen LogP contribution in [0, 0.1) is 23.0 Å². The fraction of sp³-hybridized carbons (Fsp3) is 0.481. The van der Waals surface area contributed by atoms with Crippen molar-refractivity contribution in [3.63, 3.8) is 0 Å². The number of alkyl halides is 2. The van der Waals surface area contributed by atoms with Crippen molar-refractivity contribution in [3.8, 4) is 6.07 Å². The molecule has 1 aliphatic carbocycles. The zero-order chi connectivity index (χ0) is 28.6. The largest absolute Gasteiger partial charge is 0.378 e. The van der Waals surface area contributed by atoms with E-state index in [-0.39, 0.29) is 40.8 Å². The quantitative estimate of drug-likeness (QED) is 0.178. The van der Waals surface area contributed by atoms with Crippen LogP contribution in [-0.2, 0) is 9.53 Å². The topological polar surface area (TPSA) is 77.4 Å². The minimum absolute atomic E-state index is 0.0551. The molecule has 0 heterocycles. The first-order valence-electron chi connectivity index (χ1n) is 12.4. The van der Waals surface area contributed by atoms with Crippen LogP contribution in [0.2, 0.25) is 0 Å². The van der Waals surface area contributed by atoms with Crippen molar-refractivity contribution in [2.75, 3.05) is 38.8 Å². The Morgan fingerprint density at radius 3 is 2.38 bits per heavy atom. The highest BCUT2D eigenvalue weighted by atomic mass is 32.2. The molecule has 0 saturated heterocycles. The first-order chi connectivity index (χ1) is 18.5. The number of amides is 1. The predicted octanol–water partition coefficient (Wildman–Crippen LogP) is 6.08. The second kappa shape index (κ2) is 13.7. The van der Waals surface area contributed by atoms with Gasteiger partial charge in [0.1, 0.15) is 23.3 Å². The summed E-state index contributed by atoms with van der Waals surface area (Å²) in [4.78, 5) is 16.0. The molecule has 3 rings (SSSR count). The molecule has 12 heteroatoms. The van der Waals surface area contributed by atoms with E-state index in [1.807, 2.05) is 25.1 Å². The lowest BCUT2D eigenvalue weighted by Gasteiger charge is -2.37. The van der Waals surface area contributed by atoms with Crippen molar-refractivity contribution in [3.05, 3.63) is 53.6 Å². The molecule has 1 atom stereocenters. The molecule has 2 N–H and O–H groups in total. The summed E-state index contributed by atoms with van der Waals surface area (Å²) < 4.78 is 63.6. The first kappa shape index (κ1) is 31.1. The third-order valence-electron chi connectivity index (χ3n) is 6.58. The van der Waals surface area contributed by atoms with Gasteiger partial charge in [0.05, 0.1) is 11.3 Å². The van der Waals surface area contributed by atoms with Crippen LogP contribution in [-0.4, -0.2) is 61.9 Å². The molecule has 39 heavy (non-hydrogen) atoms. The van der Waals surface area contributed by atoms with Gasteiger partial charge in [-0.1, -0.05) is 0 Å². The first-order valence-corrected chi connectivity index (χ1v) is 14.2. The summed E-state index contributed by atoms with van der Waals surface area (Å²) in [7, 11) is 5.17. The third-order valence-corrected chi connectivity index (χ3v) is 8.51. The van der Waals surface area contributed by atoms with Crippen molar-refractivity contribution in [2.24, 2.45) is 0 Å². The van der Waals surface area contributed by atoms with Gasteiger partial charge in [-0.25, -0.2) is 17.6 Å². The molecule has 0 spiro atoms. The molecule has 1 aliphatic rings. The van der Waals surface area contributed by atoms with Crippen LogP contribution in [0.25, 0.3) is 0 Å². The van der Waals surface area contributed by atoms with Gasteiger partial charge in [-0.15, -0.1) is 11.8 Å². The average molecular weight is 585 g/mol. The number of nitriles is 1. The molecule has 6 nitrogen and oxygen atoms in total. The summed E-state index contributed by atoms with van der Waals surface area (Å²) in [6.07, 6.45) is -0.514. The van der Waals surface area contributed by atoms with E-state index in [0.29, 0.717) is 12.2 Å². The Labute approximate surface area is 235 Å². The van der Waals surface area contributed by atoms with E-state index in [9.17, 15) is 23.2 Å². The summed E-state index contributed by atoms with van der Waals surface area (Å²) in [5, 5.41) is 12.9. The smallest absolute Gasteiger partial charge is 0.262 e. The summed E-state index contributed by atoms with van der Waals surface area (Å²) in [5.41, 5.74) is -1.26. The summed E-state index contributed by atoms with van der Waals surface area (Å²) >= 11 is 2.30. The molecule has 0 aromatic heterocycles. The third kappa shape index (κ3) is 8.76. The van der Waals surface area contributed by atoms with E-state index >= 15 is 4.39 Å². The number of halogens is 4. The van der Waals surface area contributed by atoms with Crippen LogP contribution in [0.3, 0.4) is 0 Å². The molecule has 1 amide bonds. The number of rotatable bonds is 12. The van der Waals surface area contributed by atoms with Gasteiger partial charge in [-0.3, -0.25) is 9.52 Å². The molecule has 1 saturated carbocycles. The number of anilines is 1. The summed E-state index contributed by atoms with van der Waals surface area (Å²) in [5.74, 6) is -3.84. The van der Waals surface area contributed by atoms with E-state index in [2.05, 4.69) is 10.0 Å². The number of hydrogen-bond acceptors (Lipinski definition) is 7. The standard InChI is InChI=1S/C27H32F4N4O2S2/c1-35(2)13-8-20(17-38-21-6-4-19(28)5-7-21)33-24-18(16-32)14-22(15-23(24)29)39-34-25(36)26(37-3)9-11-27(30,31)12-10-26/h4-7,14-15,20,33H,8-13,17H2,1-3H3,(H,34,36). The number of thioether (sulfide) groups is 1. The van der Waals surface area contributed by atoms with Crippen LogP contribution < -0.4 is 10.0 Å². The number of methoxy groups -OCH3 is 1. The van der Waals surface area contributed by atoms with Gasteiger partial charge in [-0.2, -0.15) is 5.26 Å². The van der Waals surface area contributed by atoms with Crippen LogP contribution in [0.4, 0.5) is 23.2 Å². The highest BCUT2D eigenvalue weighted by molar-refractivity contribution is 7.99. The lowest BCUT2D eigenvalue weighted by molar-refractivity contribution is -0.157. The minimum atomic E-state index is -2.83. The predicted molar refractivity (Wildman–Crippen MR) is 146 cm³/mol. The monoisotopic (exact) mass is 584 g/mol. The van der Waals surface area contributed by atoms with E-state index < -0.39 is 36.1 Å². The van der Waals surface area contributed by atoms with Crippen LogP contribution >= 0.6 is 23.7 Å². The number of hydrogen-bond donors (Lipinski definition) is 2. The number of carbonyl (C=O) groups excluding carboxylic acids is 1. The number of ether oxygens (including phenoxy) is 1. The lowest BCUT2D eigenvalue weighted by atomic mass is 9.82. The molecule has 212 valence electrons. The van der Waals surface area contributed by atoms with Gasteiger partial charge in [0.2, 0.25) is 5.92 Å². The Bertz CT molecular complexity index is 1170. The van der Waals surface area contributed by atoms with Crippen molar-refractivity contribution in [2.45, 2.75) is 59.5 Å². The lowest BCUT2D eigenvalue weighted by Crippen LogP contribution is -2.50. The number of nitrogens with one attached hydrogen (secondary N) is 2. The molecule has 2 aromatic carbocycles. The van der Waals surface area contributed by atoms with E-state index in [1.165, 1.54) is 43.1 Å². The second-order valence-electron chi connectivity index (χ2n) is 9.73. The van der Waals surface area contributed by atoms with Gasteiger partial charge in [0.15, 0.2) is 0 Å². The summed E-state index contributed by atoms with van der Waals surface area (Å²) in [6, 6.07) is 10.6. The van der Waals surface area contributed by atoms with Gasteiger partial charge < -0.3 is 15.0 Å². The second-order valence-corrected chi connectivity index (χ2v) is 11.7. The normalized spacial score (nSPS) is 16.9. The van der Waals surface area contributed by atoms with Crippen molar-refractivity contribution < 1.29 is 27.1 Å². The molecule has 0 aliphatic heterocycles. The Hall–Kier alpha value is -2.46. The molecule has 0 bridgehead atoms. The maximum Gasteiger partial charge on any atom is 0.262 e. The highest BCUT2D eigenvalue weighted by Crippen LogP contribution is 2.41. The molecular formula is C27H32F4N4O2S2. The van der Waals surface area contributed by atoms with Crippen molar-refractivity contribution in [1.29, 1.82) is 5.26 Å². The zero-order valence-corrected chi connectivity index (χ0v) is 23.7. The SMILES string of the molecule is COC1(C(=O)NSc2cc(F)c(NC(CCN(C)C)CSc3ccc(F)cc3)c(C#N)c2)CCC(F)(F)CC1. The highest BCUT2D eigenvalue weighted by Gasteiger charge is 2.48. The average Bonchev–Trinajstić information content (AvgIpc) is 2.90. The summed E-state index contributed by atoms with van der Waals surface area (Å²) in [6.45, 7) is 0.721. The minimum Gasteiger partial charge on any atom is -0.378 e. The van der Waals surface area contributed by atoms with Crippen LogP contribution in [0.1, 0.15) is 37.7 Å². The van der Waals surface area contributed by atoms with E-state index in [1.54, 1.807) is 12.1 Å². The molecule has 1 fully saturated rings. The molecule has 0 radical (unpaired) electrons. The van der Waals surface area contributed by atoms with Gasteiger partial charge in [0, 0.05) is 41.5 Å². The fourth-order valence-corrected chi connectivity index (χ4v) is 5.87. The van der Waals surface area contributed by atoms with Crippen molar-refractivity contribution >= 4 is 35.3 Å². The molecular weight excluding hydrogens is 552 g/mol. The van der Waals surface area contributed by atoms with E-state index in [4.69, 9.17) is 4.74 Å². The molecule has 1 unspecified atom stereocenters. The Balaban J connectivity index is 1.70. The van der Waals surface area contributed by atoms with Crippen molar-refractivity contribution in [1.82, 2.24) is 9.62 Å².